The van der Waals surface area contributed by atoms with Gasteiger partial charge in [0, 0.05) is 5.56 Å². The number of carbonyl (C=O) groups is 1. The molecule has 1 aromatic heterocycles. The number of thiazole rings is 1. The molecular formula is C12H10FNO2S. The Balaban J connectivity index is 2.40. The summed E-state index contributed by atoms with van der Waals surface area (Å²) in [6, 6.07) is 5.98. The van der Waals surface area contributed by atoms with Crippen LogP contribution in [-0.4, -0.2) is 17.6 Å². The van der Waals surface area contributed by atoms with Gasteiger partial charge in [-0.05, 0) is 19.1 Å². The number of esters is 1. The van der Waals surface area contributed by atoms with Crippen LogP contribution in [0.25, 0.3) is 11.3 Å². The maximum Gasteiger partial charge on any atom is 0.350 e. The molecule has 0 saturated heterocycles. The SMILES string of the molecule is CCOC(=O)c1scnc1-c1cccc(F)c1. The Hall–Kier alpha value is -1.75. The molecule has 0 saturated carbocycles. The first kappa shape index (κ1) is 11.7. The maximum absolute atomic E-state index is 13.1. The second-order valence-electron chi connectivity index (χ2n) is 3.26. The van der Waals surface area contributed by atoms with Crippen LogP contribution < -0.4 is 0 Å². The summed E-state index contributed by atoms with van der Waals surface area (Å²) in [5, 5.41) is 0. The van der Waals surface area contributed by atoms with Crippen molar-refractivity contribution in [1.29, 1.82) is 0 Å². The zero-order valence-corrected chi connectivity index (χ0v) is 9.96. The summed E-state index contributed by atoms with van der Waals surface area (Å²) in [6.07, 6.45) is 0. The third kappa shape index (κ3) is 2.50. The Morgan fingerprint density at radius 3 is 3.06 bits per heavy atom. The van der Waals surface area contributed by atoms with Gasteiger partial charge in [-0.25, -0.2) is 14.2 Å². The Labute approximate surface area is 102 Å². The van der Waals surface area contributed by atoms with Crippen molar-refractivity contribution in [2.45, 2.75) is 6.92 Å². The number of carbonyl (C=O) groups excluding carboxylic acids is 1. The van der Waals surface area contributed by atoms with Crippen molar-refractivity contribution < 1.29 is 13.9 Å². The molecule has 0 fully saturated rings. The van der Waals surface area contributed by atoms with E-state index in [1.54, 1.807) is 24.6 Å². The minimum atomic E-state index is -0.422. The van der Waals surface area contributed by atoms with Gasteiger partial charge in [-0.15, -0.1) is 11.3 Å². The summed E-state index contributed by atoms with van der Waals surface area (Å²) >= 11 is 1.19. The lowest BCUT2D eigenvalue weighted by atomic mass is 10.1. The first-order valence-corrected chi connectivity index (χ1v) is 5.97. The third-order valence-electron chi connectivity index (χ3n) is 2.13. The molecular weight excluding hydrogens is 241 g/mol. The van der Waals surface area contributed by atoms with Crippen molar-refractivity contribution in [3.05, 3.63) is 40.5 Å². The maximum atomic E-state index is 13.1. The zero-order valence-electron chi connectivity index (χ0n) is 9.14. The van der Waals surface area contributed by atoms with Gasteiger partial charge in [-0.2, -0.15) is 0 Å². The predicted octanol–water partition coefficient (Wildman–Crippen LogP) is 3.13. The molecule has 2 aromatic rings. The van der Waals surface area contributed by atoms with Crippen LogP contribution in [0, 0.1) is 5.82 Å². The fourth-order valence-corrected chi connectivity index (χ4v) is 2.13. The van der Waals surface area contributed by atoms with Gasteiger partial charge in [-0.3, -0.25) is 0 Å². The Kier molecular flexibility index (Phi) is 3.49. The highest BCUT2D eigenvalue weighted by atomic mass is 32.1. The highest BCUT2D eigenvalue weighted by molar-refractivity contribution is 7.12. The topological polar surface area (TPSA) is 39.2 Å². The molecule has 0 atom stereocenters. The molecule has 0 aliphatic rings. The van der Waals surface area contributed by atoms with E-state index < -0.39 is 5.97 Å². The molecule has 1 aromatic carbocycles. The van der Waals surface area contributed by atoms with Crippen molar-refractivity contribution in [3.8, 4) is 11.3 Å². The van der Waals surface area contributed by atoms with Crippen molar-refractivity contribution in [2.24, 2.45) is 0 Å². The minimum Gasteiger partial charge on any atom is -0.462 e. The van der Waals surface area contributed by atoms with Gasteiger partial charge in [0.15, 0.2) is 0 Å². The number of nitrogens with zero attached hydrogens (tertiary/aromatic N) is 1. The summed E-state index contributed by atoms with van der Waals surface area (Å²) in [7, 11) is 0. The highest BCUT2D eigenvalue weighted by Gasteiger charge is 2.17. The molecule has 0 spiro atoms. The van der Waals surface area contributed by atoms with Crippen LogP contribution in [0.4, 0.5) is 4.39 Å². The predicted molar refractivity (Wildman–Crippen MR) is 63.5 cm³/mol. The largest absolute Gasteiger partial charge is 0.462 e. The van der Waals surface area contributed by atoms with Crippen molar-refractivity contribution >= 4 is 17.3 Å². The third-order valence-corrected chi connectivity index (χ3v) is 2.93. The van der Waals surface area contributed by atoms with Gasteiger partial charge in [0.05, 0.1) is 17.8 Å². The van der Waals surface area contributed by atoms with E-state index in [9.17, 15) is 9.18 Å². The molecule has 0 bridgehead atoms. The van der Waals surface area contributed by atoms with Crippen molar-refractivity contribution in [2.75, 3.05) is 6.61 Å². The van der Waals surface area contributed by atoms with Crippen LogP contribution in [0.15, 0.2) is 29.8 Å². The van der Waals surface area contributed by atoms with E-state index >= 15 is 0 Å². The van der Waals surface area contributed by atoms with E-state index in [0.717, 1.165) is 0 Å². The standard InChI is InChI=1S/C12H10FNO2S/c1-2-16-12(15)11-10(14-7-17-11)8-4-3-5-9(13)6-8/h3-7H,2H2,1H3. The number of hydrogen-bond acceptors (Lipinski definition) is 4. The second kappa shape index (κ2) is 5.05. The van der Waals surface area contributed by atoms with Crippen LogP contribution in [0.5, 0.6) is 0 Å². The van der Waals surface area contributed by atoms with E-state index in [-0.39, 0.29) is 5.82 Å². The number of ether oxygens (including phenoxy) is 1. The van der Waals surface area contributed by atoms with Crippen molar-refractivity contribution in [1.82, 2.24) is 4.98 Å². The molecule has 3 nitrogen and oxygen atoms in total. The summed E-state index contributed by atoms with van der Waals surface area (Å²) in [5.74, 6) is -0.778. The summed E-state index contributed by atoms with van der Waals surface area (Å²) in [5.41, 5.74) is 2.59. The Morgan fingerprint density at radius 2 is 2.35 bits per heavy atom. The van der Waals surface area contributed by atoms with Gasteiger partial charge < -0.3 is 4.74 Å². The number of halogens is 1. The molecule has 88 valence electrons. The molecule has 0 N–H and O–H groups in total. The Bertz CT molecular complexity index is 539. The average molecular weight is 251 g/mol. The van der Waals surface area contributed by atoms with E-state index in [1.807, 2.05) is 0 Å². The van der Waals surface area contributed by atoms with Gasteiger partial charge in [0.1, 0.15) is 10.7 Å². The smallest absolute Gasteiger partial charge is 0.350 e. The van der Waals surface area contributed by atoms with E-state index in [1.165, 1.54) is 23.5 Å². The van der Waals surface area contributed by atoms with E-state index in [4.69, 9.17) is 4.74 Å². The summed E-state index contributed by atoms with van der Waals surface area (Å²) in [6.45, 7) is 2.04. The normalized spacial score (nSPS) is 10.2. The van der Waals surface area contributed by atoms with Crippen LogP contribution in [0.1, 0.15) is 16.6 Å². The number of benzene rings is 1. The van der Waals surface area contributed by atoms with E-state index in [2.05, 4.69) is 4.98 Å². The number of aromatic nitrogens is 1. The van der Waals surface area contributed by atoms with E-state index in [0.29, 0.717) is 22.7 Å². The zero-order chi connectivity index (χ0) is 12.3. The fraction of sp³-hybridized carbons (Fsp3) is 0.167. The molecule has 0 radical (unpaired) electrons. The van der Waals surface area contributed by atoms with Gasteiger partial charge in [-0.1, -0.05) is 12.1 Å². The highest BCUT2D eigenvalue weighted by Crippen LogP contribution is 2.26. The van der Waals surface area contributed by atoms with Gasteiger partial charge in [0.25, 0.3) is 0 Å². The minimum absolute atomic E-state index is 0.305. The van der Waals surface area contributed by atoms with Gasteiger partial charge in [0.2, 0.25) is 0 Å². The molecule has 5 heteroatoms. The molecule has 0 amide bonds. The molecule has 0 unspecified atom stereocenters. The number of rotatable bonds is 3. The molecule has 1 heterocycles. The van der Waals surface area contributed by atoms with Gasteiger partial charge >= 0.3 is 5.97 Å². The first-order valence-electron chi connectivity index (χ1n) is 5.09. The summed E-state index contributed by atoms with van der Waals surface area (Å²) in [4.78, 5) is 16.1. The Morgan fingerprint density at radius 1 is 1.53 bits per heavy atom. The molecule has 17 heavy (non-hydrogen) atoms. The second-order valence-corrected chi connectivity index (χ2v) is 4.12. The van der Waals surface area contributed by atoms with Crippen LogP contribution in [-0.2, 0) is 4.74 Å². The first-order chi connectivity index (χ1) is 8.22. The van der Waals surface area contributed by atoms with Crippen molar-refractivity contribution in [3.63, 3.8) is 0 Å². The lowest BCUT2D eigenvalue weighted by Gasteiger charge is -2.02. The monoisotopic (exact) mass is 251 g/mol. The quantitative estimate of drug-likeness (QED) is 0.787. The lowest BCUT2D eigenvalue weighted by Crippen LogP contribution is -2.04. The van der Waals surface area contributed by atoms with Crippen LogP contribution >= 0.6 is 11.3 Å². The van der Waals surface area contributed by atoms with Crippen LogP contribution in [0.3, 0.4) is 0 Å². The van der Waals surface area contributed by atoms with Crippen LogP contribution in [0.2, 0.25) is 0 Å². The molecule has 0 aliphatic carbocycles. The fourth-order valence-electron chi connectivity index (χ4n) is 1.43. The number of hydrogen-bond donors (Lipinski definition) is 0. The average Bonchev–Trinajstić information content (AvgIpc) is 2.78. The molecule has 0 aliphatic heterocycles. The summed E-state index contributed by atoms with van der Waals surface area (Å²) < 4.78 is 18.0. The molecule has 2 rings (SSSR count). The lowest BCUT2D eigenvalue weighted by molar-refractivity contribution is 0.0532.